The van der Waals surface area contributed by atoms with Gasteiger partial charge in [-0.15, -0.1) is 0 Å². The second-order valence-electron chi connectivity index (χ2n) is 6.53. The van der Waals surface area contributed by atoms with Gasteiger partial charge in [-0.25, -0.2) is 9.67 Å². The molecule has 4 aromatic rings. The topological polar surface area (TPSA) is 67.4 Å². The number of nitriles is 1. The summed E-state index contributed by atoms with van der Waals surface area (Å²) in [4.78, 5) is 8.87. The van der Waals surface area contributed by atoms with Crippen LogP contribution in [-0.4, -0.2) is 19.7 Å². The molecule has 0 N–H and O–H groups in total. The van der Waals surface area contributed by atoms with Crippen molar-refractivity contribution in [3.05, 3.63) is 70.7 Å². The van der Waals surface area contributed by atoms with Crippen LogP contribution in [0.2, 0.25) is 0 Å². The monoisotopic (exact) mass is 417 g/mol. The lowest BCUT2D eigenvalue weighted by Crippen LogP contribution is -1.99. The van der Waals surface area contributed by atoms with Crippen molar-refractivity contribution in [3.8, 4) is 22.9 Å². The summed E-state index contributed by atoms with van der Waals surface area (Å²) >= 11 is 3.46. The van der Waals surface area contributed by atoms with Gasteiger partial charge in [0.2, 0.25) is 0 Å². The third-order valence-corrected chi connectivity index (χ3v) is 5.09. The van der Waals surface area contributed by atoms with Crippen molar-refractivity contribution in [3.63, 3.8) is 0 Å². The Morgan fingerprint density at radius 2 is 2.00 bits per heavy atom. The summed E-state index contributed by atoms with van der Waals surface area (Å²) < 4.78 is 2.58. The predicted molar refractivity (Wildman–Crippen MR) is 109 cm³/mol. The highest BCUT2D eigenvalue weighted by Gasteiger charge is 2.20. The van der Waals surface area contributed by atoms with E-state index in [1.807, 2.05) is 41.2 Å². The third-order valence-electron chi connectivity index (χ3n) is 4.43. The number of aromatic nitrogens is 4. The quantitative estimate of drug-likeness (QED) is 0.456. The first-order valence-corrected chi connectivity index (χ1v) is 9.37. The van der Waals surface area contributed by atoms with E-state index in [2.05, 4.69) is 45.8 Å². The molecule has 0 amide bonds. The molecular formula is C21H16BrN5. The van der Waals surface area contributed by atoms with Crippen molar-refractivity contribution in [1.82, 2.24) is 19.7 Å². The summed E-state index contributed by atoms with van der Waals surface area (Å²) in [6.45, 7) is 4.25. The average Bonchev–Trinajstić information content (AvgIpc) is 3.09. The van der Waals surface area contributed by atoms with Crippen LogP contribution in [0.1, 0.15) is 31.0 Å². The van der Waals surface area contributed by atoms with Crippen LogP contribution in [0.5, 0.6) is 0 Å². The maximum Gasteiger partial charge on any atom is 0.163 e. The molecule has 5 nitrogen and oxygen atoms in total. The molecule has 4 rings (SSSR count). The van der Waals surface area contributed by atoms with E-state index in [1.54, 1.807) is 18.5 Å². The number of fused-ring (bicyclic) bond motifs is 1. The minimum absolute atomic E-state index is 0.232. The summed E-state index contributed by atoms with van der Waals surface area (Å²) in [6.07, 6.45) is 5.42. The fourth-order valence-corrected chi connectivity index (χ4v) is 3.60. The van der Waals surface area contributed by atoms with Gasteiger partial charge in [-0.05, 0) is 57.7 Å². The molecule has 0 saturated heterocycles. The summed E-state index contributed by atoms with van der Waals surface area (Å²) in [5.74, 6) is 0.232. The minimum atomic E-state index is 0.232. The van der Waals surface area contributed by atoms with Crippen LogP contribution >= 0.6 is 15.9 Å². The zero-order chi connectivity index (χ0) is 19.0. The Labute approximate surface area is 165 Å². The first kappa shape index (κ1) is 17.4. The molecule has 132 valence electrons. The zero-order valence-electron chi connectivity index (χ0n) is 14.9. The number of rotatable bonds is 3. The summed E-state index contributed by atoms with van der Waals surface area (Å²) in [7, 11) is 0. The van der Waals surface area contributed by atoms with E-state index in [4.69, 9.17) is 5.10 Å². The van der Waals surface area contributed by atoms with Crippen LogP contribution in [-0.2, 0) is 0 Å². The zero-order valence-corrected chi connectivity index (χ0v) is 16.5. The highest BCUT2D eigenvalue weighted by Crippen LogP contribution is 2.34. The van der Waals surface area contributed by atoms with Gasteiger partial charge in [0.25, 0.3) is 0 Å². The molecule has 0 fully saturated rings. The van der Waals surface area contributed by atoms with E-state index in [-0.39, 0.29) is 5.92 Å². The number of pyridine rings is 2. The second-order valence-corrected chi connectivity index (χ2v) is 7.38. The molecule has 6 heteroatoms. The fourth-order valence-electron chi connectivity index (χ4n) is 3.14. The van der Waals surface area contributed by atoms with Gasteiger partial charge in [0, 0.05) is 28.6 Å². The smallest absolute Gasteiger partial charge is 0.163 e. The molecule has 0 aliphatic rings. The molecule has 0 aliphatic carbocycles. The maximum absolute atomic E-state index is 9.17. The van der Waals surface area contributed by atoms with Crippen molar-refractivity contribution < 1.29 is 0 Å². The number of halogens is 1. The van der Waals surface area contributed by atoms with Gasteiger partial charge >= 0.3 is 0 Å². The van der Waals surface area contributed by atoms with Crippen LogP contribution in [0.4, 0.5) is 0 Å². The Hall–Kier alpha value is -3.04. The Kier molecular flexibility index (Phi) is 4.46. The van der Waals surface area contributed by atoms with Gasteiger partial charge in [0.05, 0.1) is 22.3 Å². The largest absolute Gasteiger partial charge is 0.264 e. The molecule has 1 aromatic carbocycles. The fraction of sp³-hybridized carbons (Fsp3) is 0.143. The van der Waals surface area contributed by atoms with Crippen LogP contribution in [0, 0.1) is 11.3 Å². The number of benzene rings is 1. The first-order chi connectivity index (χ1) is 13.1. The van der Waals surface area contributed by atoms with Gasteiger partial charge < -0.3 is 0 Å². The summed E-state index contributed by atoms with van der Waals surface area (Å²) in [6, 6.07) is 13.7. The van der Waals surface area contributed by atoms with Crippen LogP contribution in [0.15, 0.2) is 59.5 Å². The van der Waals surface area contributed by atoms with Crippen molar-refractivity contribution >= 4 is 27.0 Å². The Morgan fingerprint density at radius 3 is 2.67 bits per heavy atom. The predicted octanol–water partition coefficient (Wildman–Crippen LogP) is 5.24. The summed E-state index contributed by atoms with van der Waals surface area (Å²) in [5, 5.41) is 15.1. The number of hydrogen-bond donors (Lipinski definition) is 0. The van der Waals surface area contributed by atoms with E-state index < -0.39 is 0 Å². The lowest BCUT2D eigenvalue weighted by molar-refractivity contribution is 0.776. The van der Waals surface area contributed by atoms with Gasteiger partial charge in [-0.1, -0.05) is 19.9 Å². The Balaban J connectivity index is 2.02. The Bertz CT molecular complexity index is 1170. The normalized spacial score (nSPS) is 11.1. The molecular weight excluding hydrogens is 402 g/mol. The molecule has 3 heterocycles. The Morgan fingerprint density at radius 1 is 1.15 bits per heavy atom. The van der Waals surface area contributed by atoms with E-state index in [1.165, 1.54) is 0 Å². The van der Waals surface area contributed by atoms with E-state index in [9.17, 15) is 5.26 Å². The lowest BCUT2D eigenvalue weighted by Gasteiger charge is -2.06. The standard InChI is InChI=1S/C21H16BrN5/c1-13(2)20-19-17(15-4-3-8-24-12-15)7-9-25-21(19)27(26-20)16-6-5-14(11-23)18(22)10-16/h3-10,12-13H,1-2H3. The third kappa shape index (κ3) is 3.00. The second kappa shape index (κ2) is 6.93. The molecule has 3 aromatic heterocycles. The van der Waals surface area contributed by atoms with Crippen LogP contribution in [0.3, 0.4) is 0 Å². The van der Waals surface area contributed by atoms with Crippen LogP contribution < -0.4 is 0 Å². The molecule has 0 atom stereocenters. The van der Waals surface area contributed by atoms with Gasteiger partial charge in [-0.2, -0.15) is 10.4 Å². The number of nitrogens with zero attached hydrogens (tertiary/aromatic N) is 5. The van der Waals surface area contributed by atoms with Crippen molar-refractivity contribution in [1.29, 1.82) is 5.26 Å². The summed E-state index contributed by atoms with van der Waals surface area (Å²) in [5.41, 5.74) is 5.31. The van der Waals surface area contributed by atoms with Crippen molar-refractivity contribution in [2.45, 2.75) is 19.8 Å². The molecule has 0 unspecified atom stereocenters. The highest BCUT2D eigenvalue weighted by atomic mass is 79.9. The molecule has 0 saturated carbocycles. The average molecular weight is 418 g/mol. The van der Waals surface area contributed by atoms with E-state index in [0.29, 0.717) is 5.56 Å². The lowest BCUT2D eigenvalue weighted by atomic mass is 10.00. The van der Waals surface area contributed by atoms with Crippen molar-refractivity contribution in [2.24, 2.45) is 0 Å². The van der Waals surface area contributed by atoms with Crippen molar-refractivity contribution in [2.75, 3.05) is 0 Å². The van der Waals surface area contributed by atoms with Gasteiger partial charge in [-0.3, -0.25) is 4.98 Å². The van der Waals surface area contributed by atoms with E-state index >= 15 is 0 Å². The van der Waals surface area contributed by atoms with Gasteiger partial charge in [0.1, 0.15) is 6.07 Å². The molecule has 0 spiro atoms. The molecule has 27 heavy (non-hydrogen) atoms. The minimum Gasteiger partial charge on any atom is -0.264 e. The molecule has 0 radical (unpaired) electrons. The van der Waals surface area contributed by atoms with E-state index in [0.717, 1.165) is 38.0 Å². The van der Waals surface area contributed by atoms with Crippen LogP contribution in [0.25, 0.3) is 27.8 Å². The molecule has 0 aliphatic heterocycles. The number of hydrogen-bond acceptors (Lipinski definition) is 4. The van der Waals surface area contributed by atoms with Gasteiger partial charge in [0.15, 0.2) is 5.65 Å². The first-order valence-electron chi connectivity index (χ1n) is 8.58. The molecule has 0 bridgehead atoms. The maximum atomic E-state index is 9.17. The SMILES string of the molecule is CC(C)c1nn(-c2ccc(C#N)c(Br)c2)c2nccc(-c3cccnc3)c12. The highest BCUT2D eigenvalue weighted by molar-refractivity contribution is 9.10.